The van der Waals surface area contributed by atoms with Gasteiger partial charge in [0.15, 0.2) is 5.11 Å². The average Bonchev–Trinajstić information content (AvgIpc) is 2.20. The molecule has 5 heteroatoms. The SMILES string of the molecule is Cc1ccc(O)c(/C=N/NC(=S)NC(C)(C)C)c1. The van der Waals surface area contributed by atoms with E-state index in [0.717, 1.165) is 5.56 Å². The molecule has 1 aromatic carbocycles. The summed E-state index contributed by atoms with van der Waals surface area (Å²) in [6.45, 7) is 7.99. The molecule has 98 valence electrons. The number of benzene rings is 1. The summed E-state index contributed by atoms with van der Waals surface area (Å²) in [5, 5.41) is 17.1. The van der Waals surface area contributed by atoms with Crippen molar-refractivity contribution in [2.45, 2.75) is 33.2 Å². The average molecular weight is 265 g/mol. The lowest BCUT2D eigenvalue weighted by molar-refractivity contribution is 0.474. The summed E-state index contributed by atoms with van der Waals surface area (Å²) in [4.78, 5) is 0. The molecule has 3 N–H and O–H groups in total. The van der Waals surface area contributed by atoms with Crippen LogP contribution in [0.3, 0.4) is 0 Å². The summed E-state index contributed by atoms with van der Waals surface area (Å²) >= 11 is 5.08. The number of nitrogens with zero attached hydrogens (tertiary/aromatic N) is 1. The standard InChI is InChI=1S/C13H19N3OS/c1-9-5-6-11(17)10(7-9)8-14-16-12(18)15-13(2,3)4/h5-8,17H,1-4H3,(H2,15,16,18)/b14-8+. The minimum Gasteiger partial charge on any atom is -0.507 e. The molecule has 0 aliphatic rings. The van der Waals surface area contributed by atoms with Gasteiger partial charge < -0.3 is 10.4 Å². The van der Waals surface area contributed by atoms with Crippen LogP contribution < -0.4 is 10.7 Å². The molecule has 0 amide bonds. The van der Waals surface area contributed by atoms with Gasteiger partial charge in [0, 0.05) is 11.1 Å². The van der Waals surface area contributed by atoms with Crippen molar-refractivity contribution in [2.75, 3.05) is 0 Å². The first kappa shape index (κ1) is 14.4. The highest BCUT2D eigenvalue weighted by Crippen LogP contribution is 2.15. The summed E-state index contributed by atoms with van der Waals surface area (Å²) in [6.07, 6.45) is 1.54. The van der Waals surface area contributed by atoms with Crippen molar-refractivity contribution in [1.82, 2.24) is 10.7 Å². The van der Waals surface area contributed by atoms with Gasteiger partial charge in [-0.2, -0.15) is 5.10 Å². The quantitative estimate of drug-likeness (QED) is 0.436. The summed E-state index contributed by atoms with van der Waals surface area (Å²) in [5.74, 6) is 0.195. The Balaban J connectivity index is 2.60. The fourth-order valence-electron chi connectivity index (χ4n) is 1.31. The molecule has 0 aliphatic heterocycles. The number of hydrogen-bond donors (Lipinski definition) is 3. The summed E-state index contributed by atoms with van der Waals surface area (Å²) in [6, 6.07) is 5.33. The van der Waals surface area contributed by atoms with Crippen LogP contribution in [0.15, 0.2) is 23.3 Å². The van der Waals surface area contributed by atoms with Crippen molar-refractivity contribution in [3.05, 3.63) is 29.3 Å². The highest BCUT2D eigenvalue weighted by atomic mass is 32.1. The van der Waals surface area contributed by atoms with Gasteiger partial charge in [-0.05, 0) is 52.0 Å². The van der Waals surface area contributed by atoms with Gasteiger partial charge in [-0.25, -0.2) is 0 Å². The van der Waals surface area contributed by atoms with E-state index in [1.165, 1.54) is 0 Å². The van der Waals surface area contributed by atoms with Crippen LogP contribution in [0.4, 0.5) is 0 Å². The van der Waals surface area contributed by atoms with Gasteiger partial charge in [0.25, 0.3) is 0 Å². The zero-order chi connectivity index (χ0) is 13.8. The number of aromatic hydroxyl groups is 1. The van der Waals surface area contributed by atoms with Gasteiger partial charge in [0.05, 0.1) is 6.21 Å². The van der Waals surface area contributed by atoms with Gasteiger partial charge in [0.2, 0.25) is 0 Å². The third-order valence-corrected chi connectivity index (χ3v) is 2.23. The van der Waals surface area contributed by atoms with Crippen LogP contribution in [0.1, 0.15) is 31.9 Å². The Morgan fingerprint density at radius 3 is 2.67 bits per heavy atom. The molecule has 18 heavy (non-hydrogen) atoms. The molecule has 0 fully saturated rings. The maximum absolute atomic E-state index is 9.62. The molecule has 0 saturated carbocycles. The van der Waals surface area contributed by atoms with Crippen molar-refractivity contribution < 1.29 is 5.11 Å². The van der Waals surface area contributed by atoms with E-state index in [4.69, 9.17) is 12.2 Å². The molecule has 0 bridgehead atoms. The second kappa shape index (κ2) is 5.82. The van der Waals surface area contributed by atoms with Crippen molar-refractivity contribution in [1.29, 1.82) is 0 Å². The number of phenols is 1. The zero-order valence-electron chi connectivity index (χ0n) is 11.1. The van der Waals surface area contributed by atoms with E-state index in [9.17, 15) is 5.11 Å². The highest BCUT2D eigenvalue weighted by molar-refractivity contribution is 7.80. The Kier molecular flexibility index (Phi) is 4.67. The summed E-state index contributed by atoms with van der Waals surface area (Å²) in [7, 11) is 0. The second-order valence-electron chi connectivity index (χ2n) is 5.14. The number of thiocarbonyl (C=S) groups is 1. The number of phenolic OH excluding ortho intramolecular Hbond substituents is 1. The number of hydrazone groups is 1. The molecule has 1 aromatic rings. The first-order valence-electron chi connectivity index (χ1n) is 5.69. The minimum atomic E-state index is -0.106. The predicted octanol–water partition coefficient (Wildman–Crippen LogP) is 2.30. The smallest absolute Gasteiger partial charge is 0.187 e. The molecule has 0 spiro atoms. The largest absolute Gasteiger partial charge is 0.507 e. The number of nitrogens with one attached hydrogen (secondary N) is 2. The third kappa shape index (κ3) is 5.14. The molecule has 0 heterocycles. The molecule has 0 saturated heterocycles. The highest BCUT2D eigenvalue weighted by Gasteiger charge is 2.09. The fraction of sp³-hybridized carbons (Fsp3) is 0.385. The minimum absolute atomic E-state index is 0.106. The number of aryl methyl sites for hydroxylation is 1. The number of hydrogen-bond acceptors (Lipinski definition) is 3. The Labute approximate surface area is 113 Å². The van der Waals surface area contributed by atoms with E-state index in [-0.39, 0.29) is 11.3 Å². The Morgan fingerprint density at radius 1 is 1.39 bits per heavy atom. The molecule has 1 rings (SSSR count). The first-order valence-corrected chi connectivity index (χ1v) is 6.09. The maximum Gasteiger partial charge on any atom is 0.187 e. The second-order valence-corrected chi connectivity index (χ2v) is 5.54. The molecule has 4 nitrogen and oxygen atoms in total. The van der Waals surface area contributed by atoms with Crippen molar-refractivity contribution in [3.8, 4) is 5.75 Å². The van der Waals surface area contributed by atoms with E-state index < -0.39 is 0 Å². The molecular weight excluding hydrogens is 246 g/mol. The Hall–Kier alpha value is -1.62. The summed E-state index contributed by atoms with van der Waals surface area (Å²) < 4.78 is 0. The van der Waals surface area contributed by atoms with Crippen LogP contribution in [0.25, 0.3) is 0 Å². The lowest BCUT2D eigenvalue weighted by Crippen LogP contribution is -2.44. The summed E-state index contributed by atoms with van der Waals surface area (Å²) in [5.41, 5.74) is 4.32. The third-order valence-electron chi connectivity index (χ3n) is 2.04. The molecule has 0 atom stereocenters. The van der Waals surface area contributed by atoms with E-state index in [1.54, 1.807) is 12.3 Å². The van der Waals surface area contributed by atoms with Gasteiger partial charge in [0.1, 0.15) is 5.75 Å². The Morgan fingerprint density at radius 2 is 2.06 bits per heavy atom. The maximum atomic E-state index is 9.62. The molecule has 0 aromatic heterocycles. The zero-order valence-corrected chi connectivity index (χ0v) is 11.9. The van der Waals surface area contributed by atoms with Crippen LogP contribution in [0, 0.1) is 6.92 Å². The van der Waals surface area contributed by atoms with Crippen LogP contribution in [-0.2, 0) is 0 Å². The van der Waals surface area contributed by atoms with Crippen molar-refractivity contribution >= 4 is 23.5 Å². The lowest BCUT2D eigenvalue weighted by atomic mass is 10.1. The molecule has 0 unspecified atom stereocenters. The fourth-order valence-corrected chi connectivity index (χ4v) is 1.67. The van der Waals surface area contributed by atoms with E-state index >= 15 is 0 Å². The van der Waals surface area contributed by atoms with Crippen LogP contribution in [0.5, 0.6) is 5.75 Å². The van der Waals surface area contributed by atoms with E-state index in [2.05, 4.69) is 15.8 Å². The normalized spacial score (nSPS) is 11.6. The van der Waals surface area contributed by atoms with Gasteiger partial charge >= 0.3 is 0 Å². The Bertz CT molecular complexity index is 464. The van der Waals surface area contributed by atoms with E-state index in [1.807, 2.05) is 39.8 Å². The predicted molar refractivity (Wildman–Crippen MR) is 79.1 cm³/mol. The topological polar surface area (TPSA) is 56.7 Å². The van der Waals surface area contributed by atoms with Gasteiger partial charge in [-0.3, -0.25) is 5.43 Å². The molecule has 0 aliphatic carbocycles. The lowest BCUT2D eigenvalue weighted by Gasteiger charge is -2.21. The van der Waals surface area contributed by atoms with Gasteiger partial charge in [-0.15, -0.1) is 0 Å². The van der Waals surface area contributed by atoms with Crippen molar-refractivity contribution in [3.63, 3.8) is 0 Å². The van der Waals surface area contributed by atoms with Crippen LogP contribution >= 0.6 is 12.2 Å². The van der Waals surface area contributed by atoms with Crippen molar-refractivity contribution in [2.24, 2.45) is 5.10 Å². The number of rotatable bonds is 2. The van der Waals surface area contributed by atoms with Crippen LogP contribution in [-0.4, -0.2) is 22.0 Å². The van der Waals surface area contributed by atoms with E-state index in [0.29, 0.717) is 10.7 Å². The molecular formula is C13H19N3OS. The van der Waals surface area contributed by atoms with Crippen LogP contribution in [0.2, 0.25) is 0 Å². The van der Waals surface area contributed by atoms with Gasteiger partial charge in [-0.1, -0.05) is 11.6 Å². The molecule has 0 radical (unpaired) electrons. The monoisotopic (exact) mass is 265 g/mol. The first-order chi connectivity index (χ1) is 8.28.